The van der Waals surface area contributed by atoms with E-state index in [4.69, 9.17) is 4.74 Å². The molecule has 0 saturated carbocycles. The number of nitrogens with one attached hydrogen (secondary N) is 1. The van der Waals surface area contributed by atoms with Crippen LogP contribution in [0.2, 0.25) is 0 Å². The zero-order valence-electron chi connectivity index (χ0n) is 13.6. The van der Waals surface area contributed by atoms with E-state index in [2.05, 4.69) is 24.1 Å². The first-order valence-corrected chi connectivity index (χ1v) is 9.13. The van der Waals surface area contributed by atoms with Gasteiger partial charge in [-0.1, -0.05) is 13.8 Å². The van der Waals surface area contributed by atoms with Crippen molar-refractivity contribution < 1.29 is 17.9 Å². The molecule has 23 heavy (non-hydrogen) atoms. The summed E-state index contributed by atoms with van der Waals surface area (Å²) in [6, 6.07) is 2.97. The molecule has 0 radical (unpaired) electrons. The Labute approximate surface area is 137 Å². The number of hydrogen-bond acceptors (Lipinski definition) is 5. The van der Waals surface area contributed by atoms with E-state index in [1.54, 1.807) is 6.07 Å². The van der Waals surface area contributed by atoms with E-state index in [1.807, 2.05) is 0 Å². The molecular weight excluding hydrogens is 316 g/mol. The highest BCUT2D eigenvalue weighted by Gasteiger charge is 2.26. The first-order chi connectivity index (χ1) is 10.9. The van der Waals surface area contributed by atoms with Crippen molar-refractivity contribution in [2.24, 2.45) is 0 Å². The van der Waals surface area contributed by atoms with Crippen LogP contribution in [0.3, 0.4) is 0 Å². The maximum atomic E-state index is 12.3. The van der Waals surface area contributed by atoms with Crippen molar-refractivity contribution in [3.8, 4) is 5.75 Å². The van der Waals surface area contributed by atoms with Crippen LogP contribution in [0.1, 0.15) is 29.8 Å². The van der Waals surface area contributed by atoms with Crippen LogP contribution in [0.5, 0.6) is 5.75 Å². The fraction of sp³-hybridized carbons (Fsp3) is 0.438. The van der Waals surface area contributed by atoms with Crippen LogP contribution in [-0.2, 0) is 9.84 Å². The van der Waals surface area contributed by atoms with E-state index in [9.17, 15) is 13.2 Å². The maximum absolute atomic E-state index is 12.3. The molecule has 1 aromatic carbocycles. The van der Waals surface area contributed by atoms with Gasteiger partial charge in [-0.05, 0) is 31.3 Å². The van der Waals surface area contributed by atoms with Gasteiger partial charge in [0.1, 0.15) is 5.75 Å². The molecular formula is C16H22N2O4S. The normalized spacial score (nSPS) is 14.8. The third-order valence-electron chi connectivity index (χ3n) is 3.91. The van der Waals surface area contributed by atoms with E-state index >= 15 is 0 Å². The van der Waals surface area contributed by atoms with E-state index < -0.39 is 9.84 Å². The van der Waals surface area contributed by atoms with Crippen LogP contribution in [-0.4, -0.2) is 52.5 Å². The standard InChI is InChI=1S/C16H22N2O4S/c1-4-18(5-2)8-7-17-16(19)12-10-14(22-3)13-6-9-23(20,21)15(13)11-12/h6,9-11H,4-5,7-8H2,1-3H3,(H,17,19). The number of rotatable bonds is 7. The van der Waals surface area contributed by atoms with Crippen molar-refractivity contribution in [3.63, 3.8) is 0 Å². The van der Waals surface area contributed by atoms with Gasteiger partial charge in [0.05, 0.1) is 12.0 Å². The Hall–Kier alpha value is -1.86. The molecule has 0 aromatic heterocycles. The molecule has 2 rings (SSSR count). The van der Waals surface area contributed by atoms with Gasteiger partial charge < -0.3 is 15.0 Å². The van der Waals surface area contributed by atoms with Crippen molar-refractivity contribution >= 4 is 21.8 Å². The zero-order chi connectivity index (χ0) is 17.0. The Morgan fingerprint density at radius 2 is 1.96 bits per heavy atom. The SMILES string of the molecule is CCN(CC)CCNC(=O)c1cc(OC)c2c(c1)S(=O)(=O)C=C2. The first-order valence-electron chi connectivity index (χ1n) is 7.58. The summed E-state index contributed by atoms with van der Waals surface area (Å²) in [4.78, 5) is 14.6. The van der Waals surface area contributed by atoms with Crippen molar-refractivity contribution in [1.29, 1.82) is 0 Å². The average molecular weight is 338 g/mol. The van der Waals surface area contributed by atoms with Crippen molar-refractivity contribution in [2.75, 3.05) is 33.3 Å². The van der Waals surface area contributed by atoms with E-state index in [0.717, 1.165) is 25.0 Å². The molecule has 0 fully saturated rings. The van der Waals surface area contributed by atoms with Gasteiger partial charge >= 0.3 is 0 Å². The van der Waals surface area contributed by atoms with E-state index in [-0.39, 0.29) is 16.4 Å². The molecule has 1 aliphatic heterocycles. The number of carbonyl (C=O) groups is 1. The summed E-state index contributed by atoms with van der Waals surface area (Å²) in [6.45, 7) is 7.22. The zero-order valence-corrected chi connectivity index (χ0v) is 14.4. The third kappa shape index (κ3) is 3.73. The second-order valence-electron chi connectivity index (χ2n) is 5.22. The number of methoxy groups -OCH3 is 1. The van der Waals surface area contributed by atoms with Gasteiger partial charge in [0.25, 0.3) is 5.91 Å². The molecule has 0 atom stereocenters. The van der Waals surface area contributed by atoms with Crippen molar-refractivity contribution in [3.05, 3.63) is 28.7 Å². The highest BCUT2D eigenvalue weighted by atomic mass is 32.2. The minimum Gasteiger partial charge on any atom is -0.496 e. The Morgan fingerprint density at radius 1 is 1.26 bits per heavy atom. The quantitative estimate of drug-likeness (QED) is 0.816. The average Bonchev–Trinajstić information content (AvgIpc) is 2.86. The lowest BCUT2D eigenvalue weighted by Crippen LogP contribution is -2.34. The Kier molecular flexibility index (Phi) is 5.43. The van der Waals surface area contributed by atoms with E-state index in [1.165, 1.54) is 19.3 Å². The number of nitrogens with zero attached hydrogens (tertiary/aromatic N) is 1. The Bertz CT molecular complexity index is 722. The van der Waals surface area contributed by atoms with Crippen LogP contribution < -0.4 is 10.1 Å². The summed E-state index contributed by atoms with van der Waals surface area (Å²) < 4.78 is 29.2. The predicted molar refractivity (Wildman–Crippen MR) is 89.3 cm³/mol. The van der Waals surface area contributed by atoms with Gasteiger partial charge in [0.15, 0.2) is 0 Å². The lowest BCUT2D eigenvalue weighted by molar-refractivity contribution is 0.0948. The van der Waals surface area contributed by atoms with Crippen LogP contribution >= 0.6 is 0 Å². The summed E-state index contributed by atoms with van der Waals surface area (Å²) in [5.41, 5.74) is 0.777. The lowest BCUT2D eigenvalue weighted by atomic mass is 10.1. The molecule has 7 heteroatoms. The van der Waals surface area contributed by atoms with Crippen molar-refractivity contribution in [2.45, 2.75) is 18.7 Å². The number of fused-ring (bicyclic) bond motifs is 1. The molecule has 0 aliphatic carbocycles. The summed E-state index contributed by atoms with van der Waals surface area (Å²) in [6.07, 6.45) is 1.49. The number of ether oxygens (including phenoxy) is 1. The number of hydrogen-bond donors (Lipinski definition) is 1. The Balaban J connectivity index is 2.16. The van der Waals surface area contributed by atoms with Gasteiger partial charge in [-0.15, -0.1) is 0 Å². The molecule has 1 aromatic rings. The molecule has 1 amide bonds. The van der Waals surface area contributed by atoms with E-state index in [0.29, 0.717) is 17.9 Å². The predicted octanol–water partition coefficient (Wildman–Crippen LogP) is 1.52. The molecule has 0 bridgehead atoms. The van der Waals surface area contributed by atoms with Crippen LogP contribution in [0, 0.1) is 0 Å². The second-order valence-corrected chi connectivity index (χ2v) is 7.02. The van der Waals surface area contributed by atoms with Gasteiger partial charge in [0, 0.05) is 29.6 Å². The summed E-state index contributed by atoms with van der Waals surface area (Å²) in [7, 11) is -2.03. The monoisotopic (exact) mass is 338 g/mol. The van der Waals surface area contributed by atoms with Crippen LogP contribution in [0.4, 0.5) is 0 Å². The highest BCUT2D eigenvalue weighted by molar-refractivity contribution is 7.94. The van der Waals surface area contributed by atoms with Crippen LogP contribution in [0.25, 0.3) is 6.08 Å². The molecule has 1 N–H and O–H groups in total. The molecule has 0 saturated heterocycles. The molecule has 0 spiro atoms. The number of sulfone groups is 1. The summed E-state index contributed by atoms with van der Waals surface area (Å²) in [5.74, 6) is 0.0778. The minimum atomic E-state index is -3.48. The topological polar surface area (TPSA) is 75.7 Å². The fourth-order valence-corrected chi connectivity index (χ4v) is 3.73. The minimum absolute atomic E-state index is 0.116. The number of carbonyl (C=O) groups excluding carboxylic acids is 1. The molecule has 1 heterocycles. The molecule has 126 valence electrons. The lowest BCUT2D eigenvalue weighted by Gasteiger charge is -2.18. The fourth-order valence-electron chi connectivity index (χ4n) is 2.50. The highest BCUT2D eigenvalue weighted by Crippen LogP contribution is 2.35. The van der Waals surface area contributed by atoms with Gasteiger partial charge in [-0.25, -0.2) is 8.42 Å². The Morgan fingerprint density at radius 3 is 2.57 bits per heavy atom. The van der Waals surface area contributed by atoms with Crippen molar-refractivity contribution in [1.82, 2.24) is 10.2 Å². The molecule has 0 unspecified atom stereocenters. The second kappa shape index (κ2) is 7.14. The van der Waals surface area contributed by atoms with Crippen LogP contribution in [0.15, 0.2) is 22.4 Å². The number of benzene rings is 1. The van der Waals surface area contributed by atoms with Gasteiger partial charge in [0.2, 0.25) is 9.84 Å². The maximum Gasteiger partial charge on any atom is 0.251 e. The molecule has 1 aliphatic rings. The summed E-state index contributed by atoms with van der Waals surface area (Å²) in [5, 5.41) is 3.94. The summed E-state index contributed by atoms with van der Waals surface area (Å²) >= 11 is 0. The number of amides is 1. The van der Waals surface area contributed by atoms with Gasteiger partial charge in [-0.2, -0.15) is 0 Å². The largest absolute Gasteiger partial charge is 0.496 e. The number of likely N-dealkylation sites (N-methyl/N-ethyl adjacent to an activating group) is 1. The van der Waals surface area contributed by atoms with Gasteiger partial charge in [-0.3, -0.25) is 4.79 Å². The third-order valence-corrected chi connectivity index (χ3v) is 5.36. The molecule has 6 nitrogen and oxygen atoms in total. The first kappa shape index (κ1) is 17.5. The smallest absolute Gasteiger partial charge is 0.251 e.